The van der Waals surface area contributed by atoms with Crippen molar-refractivity contribution >= 4 is 63.0 Å². The van der Waals surface area contributed by atoms with Crippen LogP contribution in [0, 0.1) is 7.14 Å². The van der Waals surface area contributed by atoms with Gasteiger partial charge in [-0.3, -0.25) is 9.59 Å². The van der Waals surface area contributed by atoms with Crippen molar-refractivity contribution in [2.45, 2.75) is 175 Å². The molecule has 2 aromatic carbocycles. The van der Waals surface area contributed by atoms with Crippen molar-refractivity contribution in [2.24, 2.45) is 0 Å². The summed E-state index contributed by atoms with van der Waals surface area (Å²) in [7, 11) is 4.45. The van der Waals surface area contributed by atoms with Gasteiger partial charge < -0.3 is 57.9 Å². The van der Waals surface area contributed by atoms with E-state index >= 15 is 0 Å². The summed E-state index contributed by atoms with van der Waals surface area (Å²) in [5, 5.41) is 23.4. The average molecular weight is 1250 g/mol. The molecule has 6 rings (SSSR count). The number of aliphatic hydroxyl groups is 2. The predicted octanol–water partition coefficient (Wildman–Crippen LogP) is 10.8. The number of rotatable bonds is 26. The number of allylic oxidation sites excluding steroid dienone is 8. The lowest BCUT2D eigenvalue weighted by Gasteiger charge is -2.41. The Morgan fingerprint density at radius 1 is 0.676 bits per heavy atom. The summed E-state index contributed by atoms with van der Waals surface area (Å²) in [6.07, 6.45) is 14.4. The summed E-state index contributed by atoms with van der Waals surface area (Å²) in [6.45, 7) is 16.5. The van der Waals surface area contributed by atoms with Crippen molar-refractivity contribution in [2.75, 3.05) is 48.3 Å². The second-order valence-electron chi connectivity index (χ2n) is 21.0. The minimum absolute atomic E-state index is 0.0369. The predicted molar refractivity (Wildman–Crippen MR) is 300 cm³/mol. The highest BCUT2D eigenvalue weighted by atomic mass is 127. The number of carbonyl (C=O) groups is 3. The fourth-order valence-corrected chi connectivity index (χ4v) is 12.3. The Bertz CT molecular complexity index is 2510. The Morgan fingerprint density at radius 3 is 1.59 bits per heavy atom. The topological polar surface area (TPSA) is 172 Å². The molecule has 2 N–H and O–H groups in total. The molecule has 2 aromatic rings. The fourth-order valence-electron chi connectivity index (χ4n) is 10.2. The number of ether oxygens (including phenoxy) is 8. The monoisotopic (exact) mass is 1250 g/mol. The third kappa shape index (κ3) is 13.7. The van der Waals surface area contributed by atoms with Crippen LogP contribution in [-0.2, 0) is 49.7 Å². The third-order valence-electron chi connectivity index (χ3n) is 14.6. The summed E-state index contributed by atoms with van der Waals surface area (Å²) < 4.78 is 48.4. The van der Waals surface area contributed by atoms with Gasteiger partial charge in [-0.15, -0.1) is 0 Å². The Balaban J connectivity index is 1.24. The summed E-state index contributed by atoms with van der Waals surface area (Å²) >= 11 is 4.24. The van der Waals surface area contributed by atoms with Crippen molar-refractivity contribution in [1.82, 2.24) is 9.80 Å². The maximum absolute atomic E-state index is 14.8. The van der Waals surface area contributed by atoms with E-state index in [-0.39, 0.29) is 65.2 Å². The second-order valence-corrected chi connectivity index (χ2v) is 23.1. The summed E-state index contributed by atoms with van der Waals surface area (Å²) in [5.74, 6) is 0.580. The first-order valence-corrected chi connectivity index (χ1v) is 27.9. The zero-order valence-electron chi connectivity index (χ0n) is 45.3. The Morgan fingerprint density at radius 2 is 1.14 bits per heavy atom. The van der Waals surface area contributed by atoms with Crippen LogP contribution in [0.25, 0.3) is 0 Å². The van der Waals surface area contributed by atoms with Gasteiger partial charge in [-0.05, 0) is 165 Å². The van der Waals surface area contributed by atoms with E-state index in [2.05, 4.69) is 111 Å². The molecular weight excluding hydrogens is 1170 g/mol. The van der Waals surface area contributed by atoms with E-state index in [0.29, 0.717) is 90.1 Å². The quantitative estimate of drug-likeness (QED) is 0.0395. The smallest absolute Gasteiger partial charge is 0.330 e. The lowest BCUT2D eigenvalue weighted by atomic mass is 9.84. The van der Waals surface area contributed by atoms with Crippen molar-refractivity contribution in [1.29, 1.82) is 0 Å². The van der Waals surface area contributed by atoms with Crippen LogP contribution >= 0.6 is 45.2 Å². The maximum Gasteiger partial charge on any atom is 0.330 e. The Labute approximate surface area is 465 Å². The number of nitrogens with zero attached hydrogens (tertiary/aromatic N) is 2. The van der Waals surface area contributed by atoms with E-state index in [0.717, 1.165) is 31.2 Å². The normalized spacial score (nSPS) is 21.6. The van der Waals surface area contributed by atoms with Crippen LogP contribution in [0.2, 0.25) is 0 Å². The number of amides is 2. The van der Waals surface area contributed by atoms with Crippen LogP contribution in [0.15, 0.2) is 46.6 Å². The molecule has 0 fully saturated rings. The third-order valence-corrected chi connectivity index (χ3v) is 16.6. The van der Waals surface area contributed by atoms with Gasteiger partial charge in [0, 0.05) is 63.0 Å². The molecule has 0 aromatic heterocycles. The number of esters is 1. The number of fused-ring (bicyclic) bond motifs is 6. The highest BCUT2D eigenvalue weighted by Crippen LogP contribution is 2.51. The molecule has 0 aliphatic carbocycles. The standard InChI is InChI=1S/C57H78I2N2O13/c1-34(2)17-12-19-36(5)21-14-24-56(7)43(62)27-38-49(73-56)40-29-60(53(64)45(40)47(58)51(38)70-31-67-9)26-16-23-42(55(66)72-33-69-11)61-30-41-46(54(61)65)48(59)52(71-32-68-10)39-28-44(63)57(8,74-50(39)41)25-15-22-37(6)20-13-18-35(3)4/h17-18,21-22,42-44,62-63H,12-16,19-20,23-33H2,1-11H3/b36-21+,37-22+/t42-,43-,44-,56+,57+/m0/s1. The van der Waals surface area contributed by atoms with Crippen LogP contribution in [0.5, 0.6) is 23.0 Å². The number of hydrogen-bond donors (Lipinski definition) is 2. The van der Waals surface area contributed by atoms with E-state index in [1.54, 1.807) is 4.90 Å². The number of carbonyl (C=O) groups excluding carboxylic acids is 3. The Hall–Kier alpha value is -3.73. The van der Waals surface area contributed by atoms with E-state index in [9.17, 15) is 24.6 Å². The van der Waals surface area contributed by atoms with Gasteiger partial charge in [0.25, 0.3) is 11.8 Å². The molecule has 5 atom stereocenters. The Kier molecular flexibility index (Phi) is 21.4. The van der Waals surface area contributed by atoms with Gasteiger partial charge in [0.2, 0.25) is 0 Å². The molecule has 0 radical (unpaired) electrons. The second kappa shape index (κ2) is 26.6. The molecule has 17 heteroatoms. The van der Waals surface area contributed by atoms with E-state index in [4.69, 9.17) is 37.9 Å². The molecule has 0 saturated carbocycles. The van der Waals surface area contributed by atoms with Gasteiger partial charge in [-0.2, -0.15) is 0 Å². The van der Waals surface area contributed by atoms with Gasteiger partial charge in [-0.1, -0.05) is 46.6 Å². The molecule has 4 aliphatic heterocycles. The minimum Gasteiger partial charge on any atom is -0.484 e. The van der Waals surface area contributed by atoms with Crippen LogP contribution < -0.4 is 18.9 Å². The van der Waals surface area contributed by atoms with Crippen molar-refractivity contribution in [3.63, 3.8) is 0 Å². The number of hydrogen-bond acceptors (Lipinski definition) is 13. The van der Waals surface area contributed by atoms with Crippen LogP contribution in [-0.4, -0.2) is 116 Å². The lowest BCUT2D eigenvalue weighted by molar-refractivity contribution is -0.160. The zero-order chi connectivity index (χ0) is 54.1. The van der Waals surface area contributed by atoms with Crippen LogP contribution in [0.3, 0.4) is 0 Å². The minimum atomic E-state index is -1.06. The molecule has 0 saturated heterocycles. The zero-order valence-corrected chi connectivity index (χ0v) is 49.6. The molecular formula is C57H78I2N2O13. The van der Waals surface area contributed by atoms with Gasteiger partial charge in [0.05, 0.1) is 43.6 Å². The van der Waals surface area contributed by atoms with E-state index < -0.39 is 41.3 Å². The summed E-state index contributed by atoms with van der Waals surface area (Å²) in [4.78, 5) is 46.7. The SMILES string of the molecule is COCOC(=O)[C@H](CCCN1Cc2c3c(c(OCOC)c(I)c2C1=O)C[C@H](O)[C@@](C)(CC/C=C(\C)CCC=C(C)C)O3)N1Cc2c3c(c(OCOC)c(I)c2C1=O)C[C@H](O)[C@@](C)(CC/C=C(\C)CCC=C(C)C)O3. The highest BCUT2D eigenvalue weighted by molar-refractivity contribution is 14.1. The van der Waals surface area contributed by atoms with Crippen molar-refractivity contribution in [3.8, 4) is 23.0 Å². The summed E-state index contributed by atoms with van der Waals surface area (Å²) in [6, 6.07) is -1.06. The average Bonchev–Trinajstić information content (AvgIpc) is 3.86. The molecule has 74 heavy (non-hydrogen) atoms. The number of aliphatic hydroxyl groups excluding tert-OH is 2. The lowest BCUT2D eigenvalue weighted by Crippen LogP contribution is -2.49. The van der Waals surface area contributed by atoms with Gasteiger partial charge in [-0.25, -0.2) is 4.79 Å². The molecule has 408 valence electrons. The highest BCUT2D eigenvalue weighted by Gasteiger charge is 2.49. The van der Waals surface area contributed by atoms with Gasteiger partial charge in [0.15, 0.2) is 20.4 Å². The number of halogens is 2. The first-order valence-electron chi connectivity index (χ1n) is 25.8. The molecule has 0 unspecified atom stereocenters. The molecule has 15 nitrogen and oxygen atoms in total. The molecule has 0 spiro atoms. The van der Waals surface area contributed by atoms with Crippen LogP contribution in [0.4, 0.5) is 0 Å². The molecule has 2 amide bonds. The maximum atomic E-state index is 14.8. The van der Waals surface area contributed by atoms with E-state index in [1.807, 2.05) is 13.8 Å². The molecule has 4 heterocycles. The van der Waals surface area contributed by atoms with Crippen molar-refractivity contribution < 1.29 is 62.5 Å². The van der Waals surface area contributed by atoms with Crippen molar-refractivity contribution in [3.05, 3.63) is 87.1 Å². The fraction of sp³-hybridized carbons (Fsp3) is 0.596. The largest absolute Gasteiger partial charge is 0.484 e. The molecule has 0 bridgehead atoms. The number of benzene rings is 2. The van der Waals surface area contributed by atoms with Gasteiger partial charge >= 0.3 is 5.97 Å². The van der Waals surface area contributed by atoms with Gasteiger partial charge in [0.1, 0.15) is 40.2 Å². The number of methoxy groups -OCH3 is 3. The first kappa shape index (κ1) is 59.5. The van der Waals surface area contributed by atoms with Crippen LogP contribution in [0.1, 0.15) is 163 Å². The van der Waals surface area contributed by atoms with E-state index in [1.165, 1.54) is 48.5 Å². The summed E-state index contributed by atoms with van der Waals surface area (Å²) in [5.41, 5.74) is 6.67. The first-order chi connectivity index (χ1) is 35.2. The molecule has 4 aliphatic rings.